The number of unbranched alkanes of at least 4 members (excludes halogenated alkanes) is 2. The highest BCUT2D eigenvalue weighted by Gasteiger charge is 2.09. The van der Waals surface area contributed by atoms with Gasteiger partial charge >= 0.3 is 0 Å². The fraction of sp³-hybridized carbons (Fsp3) is 0.250. The van der Waals surface area contributed by atoms with Crippen LogP contribution in [-0.4, -0.2) is 27.7 Å². The minimum Gasteiger partial charge on any atom is -0.506 e. The molecule has 1 aromatic heterocycles. The van der Waals surface area contributed by atoms with E-state index < -0.39 is 0 Å². The Bertz CT molecular complexity index is 1370. The largest absolute Gasteiger partial charge is 0.506 e. The summed E-state index contributed by atoms with van der Waals surface area (Å²) in [5.74, 6) is -0.256. The average Bonchev–Trinajstić information content (AvgIpc) is 3.18. The number of hydrogen-bond acceptors (Lipinski definition) is 4. The van der Waals surface area contributed by atoms with E-state index in [1.54, 1.807) is 24.4 Å². The van der Waals surface area contributed by atoms with Gasteiger partial charge in [0.15, 0.2) is 0 Å². The summed E-state index contributed by atoms with van der Waals surface area (Å²) in [6.45, 7) is 3.04. The Hall–Kier alpha value is -4.13. The lowest BCUT2D eigenvalue weighted by atomic mass is 10.1. The summed E-state index contributed by atoms with van der Waals surface area (Å²) < 4.78 is 2.29. The molecule has 180 valence electrons. The Kier molecular flexibility index (Phi) is 7.77. The highest BCUT2D eigenvalue weighted by atomic mass is 16.3. The van der Waals surface area contributed by atoms with Crippen LogP contribution in [0.5, 0.6) is 5.75 Å². The lowest BCUT2D eigenvalue weighted by Crippen LogP contribution is -2.17. The maximum atomic E-state index is 12.1. The van der Waals surface area contributed by atoms with Crippen LogP contribution in [0.15, 0.2) is 71.8 Å². The van der Waals surface area contributed by atoms with Crippen molar-refractivity contribution in [1.29, 1.82) is 0 Å². The van der Waals surface area contributed by atoms with Crippen molar-refractivity contribution in [2.45, 2.75) is 45.6 Å². The monoisotopic (exact) mass is 470 g/mol. The molecule has 4 aromatic rings. The number of phenolic OH excluding ortho intramolecular Hbond substituents is 1. The summed E-state index contributed by atoms with van der Waals surface area (Å²) in [4.78, 5) is 24.1. The number of aromatic hydroxyl groups is 1. The average molecular weight is 471 g/mol. The Morgan fingerprint density at radius 1 is 0.886 bits per heavy atom. The van der Waals surface area contributed by atoms with Crippen molar-refractivity contribution < 1.29 is 14.7 Å². The van der Waals surface area contributed by atoms with Gasteiger partial charge in [0, 0.05) is 41.2 Å². The van der Waals surface area contributed by atoms with Crippen molar-refractivity contribution >= 4 is 45.5 Å². The van der Waals surface area contributed by atoms with E-state index >= 15 is 0 Å². The van der Waals surface area contributed by atoms with Crippen LogP contribution in [-0.2, 0) is 16.1 Å². The van der Waals surface area contributed by atoms with Gasteiger partial charge in [0.05, 0.1) is 11.9 Å². The van der Waals surface area contributed by atoms with E-state index in [0.29, 0.717) is 31.4 Å². The van der Waals surface area contributed by atoms with Crippen LogP contribution in [0.3, 0.4) is 0 Å². The first-order valence-electron chi connectivity index (χ1n) is 12.0. The summed E-state index contributed by atoms with van der Waals surface area (Å²) >= 11 is 0. The Labute approximate surface area is 204 Å². The maximum absolute atomic E-state index is 12.1. The SMILES string of the molecule is CCn1c2ccccc2c2cc(/C=N/NC(=O)CCCCCC(=O)Nc3ccccc3O)ccc21. The number of anilines is 1. The van der Waals surface area contributed by atoms with E-state index in [0.717, 1.165) is 18.5 Å². The molecule has 0 unspecified atom stereocenters. The molecule has 2 amide bonds. The molecule has 0 radical (unpaired) electrons. The Morgan fingerprint density at radius 2 is 1.60 bits per heavy atom. The first-order valence-corrected chi connectivity index (χ1v) is 12.0. The topological polar surface area (TPSA) is 95.7 Å². The van der Waals surface area contributed by atoms with Gasteiger partial charge in [-0.15, -0.1) is 0 Å². The van der Waals surface area contributed by atoms with Crippen molar-refractivity contribution in [2.75, 3.05) is 5.32 Å². The van der Waals surface area contributed by atoms with Crippen molar-refractivity contribution in [3.63, 3.8) is 0 Å². The fourth-order valence-corrected chi connectivity index (χ4v) is 4.27. The first kappa shape index (κ1) is 24.0. The zero-order chi connectivity index (χ0) is 24.6. The number of benzene rings is 3. The number of carbonyl (C=O) groups is 2. The van der Waals surface area contributed by atoms with Gasteiger partial charge in [-0.1, -0.05) is 42.8 Å². The minimum atomic E-state index is -0.153. The molecular formula is C28H30N4O3. The van der Waals surface area contributed by atoms with Gasteiger partial charge in [0.2, 0.25) is 11.8 Å². The van der Waals surface area contributed by atoms with Crippen LogP contribution in [0.2, 0.25) is 0 Å². The van der Waals surface area contributed by atoms with E-state index in [1.165, 1.54) is 27.9 Å². The number of fused-ring (bicyclic) bond motifs is 3. The van der Waals surface area contributed by atoms with Gasteiger partial charge in [0.1, 0.15) is 5.75 Å². The Morgan fingerprint density at radius 3 is 2.40 bits per heavy atom. The standard InChI is InChI=1S/C28H30N4O3/c1-2-32-24-12-8-6-10-21(24)22-18-20(16-17-25(22)32)19-29-31-28(35)15-5-3-4-14-27(34)30-23-11-7-9-13-26(23)33/h6-13,16-19,33H,2-5,14-15H2,1H3,(H,30,34)(H,31,35)/b29-19+. The molecule has 0 aliphatic rings. The zero-order valence-electron chi connectivity index (χ0n) is 19.8. The van der Waals surface area contributed by atoms with Crippen LogP contribution < -0.4 is 10.7 Å². The summed E-state index contributed by atoms with van der Waals surface area (Å²) in [5.41, 5.74) is 6.32. The number of carbonyl (C=O) groups excluding carboxylic acids is 2. The van der Waals surface area contributed by atoms with Gasteiger partial charge in [-0.05, 0) is 55.7 Å². The number of nitrogens with one attached hydrogen (secondary N) is 2. The van der Waals surface area contributed by atoms with Crippen LogP contribution in [0.25, 0.3) is 21.8 Å². The number of phenols is 1. The van der Waals surface area contributed by atoms with E-state index in [2.05, 4.69) is 57.7 Å². The number of rotatable bonds is 10. The molecule has 0 aliphatic carbocycles. The van der Waals surface area contributed by atoms with Gasteiger partial charge in [0.25, 0.3) is 0 Å². The minimum absolute atomic E-state index is 0.0470. The number of hydrazone groups is 1. The van der Waals surface area contributed by atoms with Gasteiger partial charge in [-0.3, -0.25) is 9.59 Å². The van der Waals surface area contributed by atoms with Crippen LogP contribution >= 0.6 is 0 Å². The van der Waals surface area contributed by atoms with Crippen LogP contribution in [0, 0.1) is 0 Å². The number of hydrogen-bond donors (Lipinski definition) is 3. The van der Waals surface area contributed by atoms with Gasteiger partial charge in [-0.2, -0.15) is 5.10 Å². The number of aryl methyl sites for hydroxylation is 1. The van der Waals surface area contributed by atoms with E-state index in [-0.39, 0.29) is 17.6 Å². The Balaban J connectivity index is 1.21. The molecule has 0 aliphatic heterocycles. The van der Waals surface area contributed by atoms with Crippen LogP contribution in [0.4, 0.5) is 5.69 Å². The van der Waals surface area contributed by atoms with Gasteiger partial charge < -0.3 is 15.0 Å². The number of nitrogens with zero attached hydrogens (tertiary/aromatic N) is 2. The highest BCUT2D eigenvalue weighted by molar-refractivity contribution is 6.09. The molecule has 0 fully saturated rings. The predicted molar refractivity (Wildman–Crippen MR) is 141 cm³/mol. The molecule has 0 atom stereocenters. The fourth-order valence-electron chi connectivity index (χ4n) is 4.27. The molecule has 4 rings (SSSR count). The van der Waals surface area contributed by atoms with Crippen molar-refractivity contribution in [2.24, 2.45) is 5.10 Å². The summed E-state index contributed by atoms with van der Waals surface area (Å²) in [7, 11) is 0. The highest BCUT2D eigenvalue weighted by Crippen LogP contribution is 2.29. The lowest BCUT2D eigenvalue weighted by Gasteiger charge is -2.06. The molecule has 0 spiro atoms. The van der Waals surface area contributed by atoms with Crippen molar-refractivity contribution in [1.82, 2.24) is 9.99 Å². The zero-order valence-corrected chi connectivity index (χ0v) is 19.8. The second kappa shape index (κ2) is 11.3. The molecule has 35 heavy (non-hydrogen) atoms. The number of aromatic nitrogens is 1. The molecule has 3 N–H and O–H groups in total. The summed E-state index contributed by atoms with van der Waals surface area (Å²) in [6.07, 6.45) is 4.45. The molecule has 3 aromatic carbocycles. The molecule has 0 saturated carbocycles. The molecule has 0 saturated heterocycles. The third-order valence-corrected chi connectivity index (χ3v) is 6.00. The van der Waals surface area contributed by atoms with Crippen molar-refractivity contribution in [3.05, 3.63) is 72.3 Å². The molecule has 0 bridgehead atoms. The molecule has 7 nitrogen and oxygen atoms in total. The predicted octanol–water partition coefficient (Wildman–Crippen LogP) is 5.56. The second-order valence-electron chi connectivity index (χ2n) is 8.46. The molecule has 1 heterocycles. The summed E-state index contributed by atoms with van der Waals surface area (Å²) in [5, 5.41) is 18.9. The molecule has 7 heteroatoms. The summed E-state index contributed by atoms with van der Waals surface area (Å²) in [6, 6.07) is 21.2. The lowest BCUT2D eigenvalue weighted by molar-refractivity contribution is -0.121. The van der Waals surface area contributed by atoms with Gasteiger partial charge in [-0.25, -0.2) is 5.43 Å². The van der Waals surface area contributed by atoms with E-state index in [9.17, 15) is 14.7 Å². The van der Waals surface area contributed by atoms with Crippen molar-refractivity contribution in [3.8, 4) is 5.75 Å². The third-order valence-electron chi connectivity index (χ3n) is 6.00. The quantitative estimate of drug-likeness (QED) is 0.123. The normalized spacial score (nSPS) is 11.3. The molecular weight excluding hydrogens is 440 g/mol. The first-order chi connectivity index (χ1) is 17.1. The third kappa shape index (κ3) is 5.87. The number of para-hydroxylation sites is 3. The maximum Gasteiger partial charge on any atom is 0.240 e. The van der Waals surface area contributed by atoms with E-state index in [1.807, 2.05) is 12.1 Å². The van der Waals surface area contributed by atoms with E-state index in [4.69, 9.17) is 0 Å². The number of amides is 2. The van der Waals surface area contributed by atoms with Crippen LogP contribution in [0.1, 0.15) is 44.6 Å². The second-order valence-corrected chi connectivity index (χ2v) is 8.46. The smallest absolute Gasteiger partial charge is 0.240 e.